The van der Waals surface area contributed by atoms with Gasteiger partial charge < -0.3 is 5.32 Å². The highest BCUT2D eigenvalue weighted by molar-refractivity contribution is 6.00. The van der Waals surface area contributed by atoms with Crippen LogP contribution in [0.15, 0.2) is 30.3 Å². The molecule has 0 unspecified atom stereocenters. The smallest absolute Gasteiger partial charge is 0.228 e. The summed E-state index contributed by atoms with van der Waals surface area (Å²) in [5.74, 6) is 0.00203. The van der Waals surface area contributed by atoms with E-state index in [1.54, 1.807) is 0 Å². The van der Waals surface area contributed by atoms with E-state index in [2.05, 4.69) is 10.3 Å². The maximum absolute atomic E-state index is 11.6. The highest BCUT2D eigenvalue weighted by Crippen LogP contribution is 2.31. The van der Waals surface area contributed by atoms with E-state index in [9.17, 15) is 9.59 Å². The maximum atomic E-state index is 11.6. The van der Waals surface area contributed by atoms with E-state index in [1.807, 2.05) is 48.7 Å². The monoisotopic (exact) mass is 305 g/mol. The maximum Gasteiger partial charge on any atom is 0.228 e. The lowest BCUT2D eigenvalue weighted by Crippen LogP contribution is -2.04. The van der Waals surface area contributed by atoms with E-state index in [4.69, 9.17) is 0 Å². The van der Waals surface area contributed by atoms with Gasteiger partial charge in [0.05, 0.1) is 12.1 Å². The number of pyridine rings is 1. The minimum Gasteiger partial charge on any atom is -0.325 e. The van der Waals surface area contributed by atoms with Crippen LogP contribution in [0.4, 0.5) is 5.69 Å². The van der Waals surface area contributed by atoms with Crippen molar-refractivity contribution in [2.24, 2.45) is 0 Å². The fourth-order valence-electron chi connectivity index (χ4n) is 3.19. The zero-order valence-corrected chi connectivity index (χ0v) is 12.9. The molecular weight excluding hydrogens is 290 g/mol. The summed E-state index contributed by atoms with van der Waals surface area (Å²) in [7, 11) is 0. The first-order valence-electron chi connectivity index (χ1n) is 7.45. The molecule has 2 aromatic heterocycles. The fraction of sp³-hybridized carbons (Fsp3) is 0.167. The van der Waals surface area contributed by atoms with Gasteiger partial charge in [-0.05, 0) is 55.3 Å². The second-order valence-corrected chi connectivity index (χ2v) is 5.91. The first-order chi connectivity index (χ1) is 11.1. The number of aryl methyl sites for hydroxylation is 2. The Labute approximate surface area is 133 Å². The van der Waals surface area contributed by atoms with Gasteiger partial charge >= 0.3 is 0 Å². The Bertz CT molecular complexity index is 986. The Kier molecular flexibility index (Phi) is 2.84. The third-order valence-corrected chi connectivity index (χ3v) is 4.21. The third kappa shape index (κ3) is 2.04. The lowest BCUT2D eigenvalue weighted by atomic mass is 10.1. The zero-order valence-electron chi connectivity index (χ0n) is 12.9. The molecule has 1 aliphatic heterocycles. The molecule has 114 valence electrons. The third-order valence-electron chi connectivity index (χ3n) is 4.21. The molecule has 0 radical (unpaired) electrons. The first-order valence-corrected chi connectivity index (χ1v) is 7.45. The van der Waals surface area contributed by atoms with Gasteiger partial charge in [0, 0.05) is 22.5 Å². The molecule has 0 aliphatic carbocycles. The average Bonchev–Trinajstić information content (AvgIpc) is 3.06. The second-order valence-electron chi connectivity index (χ2n) is 5.91. The van der Waals surface area contributed by atoms with Gasteiger partial charge in [-0.2, -0.15) is 0 Å². The van der Waals surface area contributed by atoms with Crippen LogP contribution >= 0.6 is 0 Å². The van der Waals surface area contributed by atoms with Gasteiger partial charge in [0.2, 0.25) is 5.91 Å². The molecule has 3 heterocycles. The van der Waals surface area contributed by atoms with Gasteiger partial charge in [-0.15, -0.1) is 0 Å². The topological polar surface area (TPSA) is 64.0 Å². The lowest BCUT2D eigenvalue weighted by molar-refractivity contribution is -0.115. The van der Waals surface area contributed by atoms with Crippen molar-refractivity contribution in [2.45, 2.75) is 20.3 Å². The summed E-state index contributed by atoms with van der Waals surface area (Å²) in [4.78, 5) is 27.7. The number of rotatable bonds is 2. The molecule has 0 spiro atoms. The van der Waals surface area contributed by atoms with Crippen LogP contribution in [0, 0.1) is 13.8 Å². The predicted octanol–water partition coefficient (Wildman–Crippen LogP) is 2.95. The molecule has 0 saturated heterocycles. The van der Waals surface area contributed by atoms with Crippen LogP contribution in [0.1, 0.15) is 27.3 Å². The molecule has 0 bridgehead atoms. The second kappa shape index (κ2) is 4.78. The molecule has 5 nitrogen and oxygen atoms in total. The van der Waals surface area contributed by atoms with Crippen LogP contribution in [0.3, 0.4) is 0 Å². The van der Waals surface area contributed by atoms with Gasteiger partial charge in [0.15, 0.2) is 6.29 Å². The highest BCUT2D eigenvalue weighted by Gasteiger charge is 2.21. The number of amides is 1. The molecule has 23 heavy (non-hydrogen) atoms. The zero-order chi connectivity index (χ0) is 16.1. The molecule has 0 saturated carbocycles. The van der Waals surface area contributed by atoms with Crippen LogP contribution in [-0.2, 0) is 11.2 Å². The summed E-state index contributed by atoms with van der Waals surface area (Å²) in [6.07, 6.45) is 1.20. The van der Waals surface area contributed by atoms with Crippen LogP contribution in [0.2, 0.25) is 0 Å². The Morgan fingerprint density at radius 1 is 1.22 bits per heavy atom. The summed E-state index contributed by atoms with van der Waals surface area (Å²) in [6.45, 7) is 3.88. The van der Waals surface area contributed by atoms with E-state index < -0.39 is 0 Å². The molecule has 0 fully saturated rings. The number of carbonyl (C=O) groups is 2. The number of hydrogen-bond acceptors (Lipinski definition) is 3. The number of nitrogens with one attached hydrogen (secondary N) is 1. The van der Waals surface area contributed by atoms with Crippen LogP contribution in [0.25, 0.3) is 16.7 Å². The van der Waals surface area contributed by atoms with E-state index in [0.29, 0.717) is 12.1 Å². The summed E-state index contributed by atoms with van der Waals surface area (Å²) in [5.41, 5.74) is 5.87. The summed E-state index contributed by atoms with van der Waals surface area (Å²) >= 11 is 0. The number of benzene rings is 1. The Balaban J connectivity index is 2.01. The van der Waals surface area contributed by atoms with E-state index in [-0.39, 0.29) is 5.91 Å². The van der Waals surface area contributed by atoms with Crippen molar-refractivity contribution >= 4 is 28.9 Å². The molecule has 1 N–H and O–H groups in total. The van der Waals surface area contributed by atoms with Crippen molar-refractivity contribution in [3.05, 3.63) is 52.8 Å². The minimum absolute atomic E-state index is 0.00203. The van der Waals surface area contributed by atoms with Crippen molar-refractivity contribution in [1.29, 1.82) is 0 Å². The molecule has 3 aromatic rings. The van der Waals surface area contributed by atoms with Crippen molar-refractivity contribution in [1.82, 2.24) is 9.55 Å². The Hall–Kier alpha value is -2.95. The van der Waals surface area contributed by atoms with Gasteiger partial charge in [-0.1, -0.05) is 0 Å². The molecule has 0 atom stereocenters. The fourth-order valence-corrected chi connectivity index (χ4v) is 3.19. The quantitative estimate of drug-likeness (QED) is 0.740. The number of hydrogen-bond donors (Lipinski definition) is 1. The summed E-state index contributed by atoms with van der Waals surface area (Å²) in [6, 6.07) is 9.66. The number of aromatic nitrogens is 2. The Morgan fingerprint density at radius 3 is 2.83 bits per heavy atom. The molecule has 1 aromatic carbocycles. The largest absolute Gasteiger partial charge is 0.325 e. The molecule has 1 aliphatic rings. The van der Waals surface area contributed by atoms with Crippen LogP contribution in [-0.4, -0.2) is 21.7 Å². The number of anilines is 1. The standard InChI is InChI=1S/C18H15N3O2/c1-10-5-14(7-13-8-16(23)20-17(10)13)21-15(9-22)6-12-4-3-11(2)19-18(12)21/h3-7,9H,8H2,1-2H3,(H,20,23). The Morgan fingerprint density at radius 2 is 2.04 bits per heavy atom. The van der Waals surface area contributed by atoms with Gasteiger partial charge in [0.25, 0.3) is 0 Å². The normalized spacial score (nSPS) is 13.2. The van der Waals surface area contributed by atoms with Gasteiger partial charge in [-0.3, -0.25) is 14.2 Å². The highest BCUT2D eigenvalue weighted by atomic mass is 16.1. The van der Waals surface area contributed by atoms with Crippen molar-refractivity contribution < 1.29 is 9.59 Å². The number of nitrogens with zero attached hydrogens (tertiary/aromatic N) is 2. The molecular formula is C18H15N3O2. The average molecular weight is 305 g/mol. The van der Waals surface area contributed by atoms with E-state index in [0.717, 1.165) is 45.5 Å². The van der Waals surface area contributed by atoms with Gasteiger partial charge in [0.1, 0.15) is 5.65 Å². The SMILES string of the molecule is Cc1ccc2cc(C=O)n(-c3cc(C)c4c(c3)CC(=O)N4)c2n1. The van der Waals surface area contributed by atoms with E-state index >= 15 is 0 Å². The molecule has 4 rings (SSSR count). The molecule has 5 heteroatoms. The van der Waals surface area contributed by atoms with Crippen LogP contribution < -0.4 is 5.32 Å². The summed E-state index contributed by atoms with van der Waals surface area (Å²) < 4.78 is 1.85. The first kappa shape index (κ1) is 13.7. The van der Waals surface area contributed by atoms with Crippen molar-refractivity contribution in [2.75, 3.05) is 5.32 Å². The van der Waals surface area contributed by atoms with E-state index in [1.165, 1.54) is 0 Å². The lowest BCUT2D eigenvalue weighted by Gasteiger charge is -2.12. The summed E-state index contributed by atoms with van der Waals surface area (Å²) in [5, 5.41) is 3.80. The predicted molar refractivity (Wildman–Crippen MR) is 88.3 cm³/mol. The van der Waals surface area contributed by atoms with Gasteiger partial charge in [-0.25, -0.2) is 4.98 Å². The number of carbonyl (C=O) groups excluding carboxylic acids is 2. The number of fused-ring (bicyclic) bond motifs is 2. The molecule has 1 amide bonds. The van der Waals surface area contributed by atoms with Crippen molar-refractivity contribution in [3.63, 3.8) is 0 Å². The van der Waals surface area contributed by atoms with Crippen molar-refractivity contribution in [3.8, 4) is 5.69 Å². The van der Waals surface area contributed by atoms with Crippen LogP contribution in [0.5, 0.6) is 0 Å². The minimum atomic E-state index is 0.00203. The number of aldehydes is 1.